The van der Waals surface area contributed by atoms with E-state index in [1.807, 2.05) is 22.9 Å². The highest BCUT2D eigenvalue weighted by molar-refractivity contribution is 5.94. The van der Waals surface area contributed by atoms with Crippen molar-refractivity contribution in [3.8, 4) is 5.82 Å². The number of hydrogen-bond donors (Lipinski definition) is 1. The summed E-state index contributed by atoms with van der Waals surface area (Å²) < 4.78 is 1.84. The van der Waals surface area contributed by atoms with Crippen LogP contribution in [0.5, 0.6) is 0 Å². The van der Waals surface area contributed by atoms with E-state index in [-0.39, 0.29) is 11.9 Å². The van der Waals surface area contributed by atoms with Gasteiger partial charge in [0.2, 0.25) is 0 Å². The lowest BCUT2D eigenvalue weighted by Crippen LogP contribution is -2.48. The normalized spacial score (nSPS) is 24.7. The molecular weight excluding hydrogens is 386 g/mol. The fourth-order valence-electron chi connectivity index (χ4n) is 5.31. The molecule has 2 aromatic heterocycles. The number of piperidine rings is 1. The Hall–Kier alpha value is -2.21. The maximum Gasteiger partial charge on any atom is 0.253 e. The van der Waals surface area contributed by atoms with Crippen molar-refractivity contribution in [2.45, 2.75) is 70.8 Å². The number of unbranched alkanes of at least 4 members (excludes halogenated alkanes) is 1. The zero-order valence-corrected chi connectivity index (χ0v) is 18.9. The first-order valence-electron chi connectivity index (χ1n) is 12.2. The number of nitrogens with one attached hydrogen (secondary N) is 1. The molecule has 0 bridgehead atoms. The van der Waals surface area contributed by atoms with Crippen LogP contribution in [-0.2, 0) is 0 Å². The molecule has 3 atom stereocenters. The lowest BCUT2D eigenvalue weighted by molar-refractivity contribution is 0.0853. The summed E-state index contributed by atoms with van der Waals surface area (Å²) in [6, 6.07) is 4.00. The van der Waals surface area contributed by atoms with Gasteiger partial charge in [-0.15, -0.1) is 0 Å². The molecule has 2 fully saturated rings. The number of nitrogens with zero attached hydrogens (tertiary/aromatic N) is 4. The maximum atomic E-state index is 12.9. The van der Waals surface area contributed by atoms with Crippen LogP contribution < -0.4 is 5.32 Å². The van der Waals surface area contributed by atoms with Crippen molar-refractivity contribution in [3.63, 3.8) is 0 Å². The van der Waals surface area contributed by atoms with E-state index < -0.39 is 0 Å². The number of aromatic nitrogens is 3. The van der Waals surface area contributed by atoms with E-state index in [0.717, 1.165) is 24.7 Å². The summed E-state index contributed by atoms with van der Waals surface area (Å²) in [6.45, 7) is 5.89. The smallest absolute Gasteiger partial charge is 0.253 e. The van der Waals surface area contributed by atoms with Gasteiger partial charge in [0.15, 0.2) is 0 Å². The van der Waals surface area contributed by atoms with Crippen molar-refractivity contribution in [1.29, 1.82) is 0 Å². The van der Waals surface area contributed by atoms with Gasteiger partial charge in [-0.2, -0.15) is 0 Å². The van der Waals surface area contributed by atoms with E-state index in [2.05, 4.69) is 27.1 Å². The molecule has 2 aromatic rings. The van der Waals surface area contributed by atoms with Gasteiger partial charge in [-0.05, 0) is 62.6 Å². The Bertz CT molecular complexity index is 804. The number of carbonyl (C=O) groups excluding carboxylic acids is 1. The average Bonchev–Trinajstić information content (AvgIpc) is 3.34. The zero-order chi connectivity index (χ0) is 21.5. The zero-order valence-electron chi connectivity index (χ0n) is 18.9. The summed E-state index contributed by atoms with van der Waals surface area (Å²) in [5, 5.41) is 3.35. The van der Waals surface area contributed by atoms with Gasteiger partial charge in [0.25, 0.3) is 5.91 Å². The highest BCUT2D eigenvalue weighted by Gasteiger charge is 2.30. The third-order valence-electron chi connectivity index (χ3n) is 7.07. The van der Waals surface area contributed by atoms with Crippen molar-refractivity contribution in [2.75, 3.05) is 19.6 Å². The number of hydrogen-bond acceptors (Lipinski definition) is 4. The molecule has 3 unspecified atom stereocenters. The average molecular weight is 424 g/mol. The summed E-state index contributed by atoms with van der Waals surface area (Å²) >= 11 is 0. The molecule has 6 nitrogen and oxygen atoms in total. The second-order valence-electron chi connectivity index (χ2n) is 9.41. The first-order valence-corrected chi connectivity index (χ1v) is 12.2. The van der Waals surface area contributed by atoms with Gasteiger partial charge < -0.3 is 10.2 Å². The summed E-state index contributed by atoms with van der Waals surface area (Å²) in [4.78, 5) is 24.1. The Morgan fingerprint density at radius 2 is 2.10 bits per heavy atom. The topological polar surface area (TPSA) is 63.1 Å². The molecule has 0 radical (unpaired) electrons. The first kappa shape index (κ1) is 22.0. The Morgan fingerprint density at radius 1 is 1.19 bits per heavy atom. The molecule has 1 saturated heterocycles. The summed E-state index contributed by atoms with van der Waals surface area (Å²) in [7, 11) is 0. The number of likely N-dealkylation sites (tertiary alicyclic amines) is 1. The second kappa shape index (κ2) is 10.9. The lowest BCUT2D eigenvalue weighted by Gasteiger charge is -2.39. The largest absolute Gasteiger partial charge is 0.349 e. The van der Waals surface area contributed by atoms with E-state index in [4.69, 9.17) is 0 Å². The monoisotopic (exact) mass is 423 g/mol. The fourth-order valence-corrected chi connectivity index (χ4v) is 5.31. The molecule has 4 rings (SSSR count). The molecule has 1 aliphatic heterocycles. The van der Waals surface area contributed by atoms with Crippen molar-refractivity contribution in [2.24, 2.45) is 11.8 Å². The van der Waals surface area contributed by atoms with Crippen LogP contribution >= 0.6 is 0 Å². The molecule has 1 aliphatic carbocycles. The van der Waals surface area contributed by atoms with Crippen molar-refractivity contribution < 1.29 is 4.79 Å². The number of pyridine rings is 1. The van der Waals surface area contributed by atoms with Gasteiger partial charge in [-0.3, -0.25) is 9.36 Å². The Balaban J connectivity index is 1.33. The van der Waals surface area contributed by atoms with Crippen molar-refractivity contribution >= 4 is 5.91 Å². The van der Waals surface area contributed by atoms with Crippen LogP contribution in [0.25, 0.3) is 5.82 Å². The van der Waals surface area contributed by atoms with Gasteiger partial charge in [0.05, 0.1) is 5.56 Å². The number of amides is 1. The van der Waals surface area contributed by atoms with E-state index >= 15 is 0 Å². The molecular formula is C25H37N5O. The number of rotatable bonds is 8. The molecule has 1 saturated carbocycles. The molecule has 3 heterocycles. The van der Waals surface area contributed by atoms with Crippen LogP contribution in [0.4, 0.5) is 0 Å². The quantitative estimate of drug-likeness (QED) is 0.681. The molecule has 0 spiro atoms. The fraction of sp³-hybridized carbons (Fsp3) is 0.640. The number of carbonyl (C=O) groups is 1. The first-order chi connectivity index (χ1) is 15.2. The molecule has 2 aliphatic rings. The summed E-state index contributed by atoms with van der Waals surface area (Å²) in [5.74, 6) is 2.19. The third kappa shape index (κ3) is 5.94. The predicted molar refractivity (Wildman–Crippen MR) is 123 cm³/mol. The van der Waals surface area contributed by atoms with Crippen molar-refractivity contribution in [1.82, 2.24) is 24.8 Å². The van der Waals surface area contributed by atoms with Gasteiger partial charge in [-0.25, -0.2) is 9.97 Å². The number of imidazole rings is 1. The Labute approximate surface area is 186 Å². The highest BCUT2D eigenvalue weighted by atomic mass is 16.1. The van der Waals surface area contributed by atoms with Crippen molar-refractivity contribution in [3.05, 3.63) is 42.6 Å². The molecule has 6 heteroatoms. The predicted octanol–water partition coefficient (Wildman–Crippen LogP) is 4.46. The van der Waals surface area contributed by atoms with Crippen LogP contribution in [0.3, 0.4) is 0 Å². The van der Waals surface area contributed by atoms with Crippen LogP contribution in [0.1, 0.15) is 75.1 Å². The minimum atomic E-state index is 0.000970. The SMILES string of the molecule is CCCCC1CCCN(CC2CCCCC2NC(=O)c2ccc(-n3ccnc3)nc2)C1. The highest BCUT2D eigenvalue weighted by Crippen LogP contribution is 2.28. The standard InChI is InChI=1S/C25H37N5O/c1-2-3-7-20-8-6-14-29(17-20)18-22-9-4-5-10-23(22)28-25(31)21-11-12-24(27-16-21)30-15-13-26-19-30/h11-13,15-16,19-20,22-23H,2-10,14,17-18H2,1H3,(H,28,31). The molecule has 31 heavy (non-hydrogen) atoms. The van der Waals surface area contributed by atoms with E-state index in [1.54, 1.807) is 18.7 Å². The van der Waals surface area contributed by atoms with Gasteiger partial charge in [-0.1, -0.05) is 32.6 Å². The van der Waals surface area contributed by atoms with Crippen LogP contribution in [-0.4, -0.2) is 51.0 Å². The maximum absolute atomic E-state index is 12.9. The Kier molecular flexibility index (Phi) is 7.73. The van der Waals surface area contributed by atoms with Gasteiger partial charge >= 0.3 is 0 Å². The van der Waals surface area contributed by atoms with E-state index in [0.29, 0.717) is 11.5 Å². The van der Waals surface area contributed by atoms with E-state index in [9.17, 15) is 4.79 Å². The molecule has 1 N–H and O–H groups in total. The second-order valence-corrected chi connectivity index (χ2v) is 9.41. The lowest BCUT2D eigenvalue weighted by atomic mass is 9.83. The summed E-state index contributed by atoms with van der Waals surface area (Å²) in [6.07, 6.45) is 18.5. The van der Waals surface area contributed by atoms with E-state index in [1.165, 1.54) is 64.5 Å². The minimum Gasteiger partial charge on any atom is -0.349 e. The van der Waals surface area contributed by atoms with Crippen LogP contribution in [0.2, 0.25) is 0 Å². The molecule has 0 aromatic carbocycles. The molecule has 168 valence electrons. The Morgan fingerprint density at radius 3 is 2.87 bits per heavy atom. The molecule has 1 amide bonds. The van der Waals surface area contributed by atoms with Crippen LogP contribution in [0.15, 0.2) is 37.1 Å². The summed E-state index contributed by atoms with van der Waals surface area (Å²) in [5.41, 5.74) is 0.630. The van der Waals surface area contributed by atoms with Gasteiger partial charge in [0, 0.05) is 37.7 Å². The minimum absolute atomic E-state index is 0.000970. The van der Waals surface area contributed by atoms with Crippen LogP contribution in [0, 0.1) is 11.8 Å². The third-order valence-corrected chi connectivity index (χ3v) is 7.07. The van der Waals surface area contributed by atoms with Gasteiger partial charge in [0.1, 0.15) is 12.1 Å².